The number of nitrogens with one attached hydrogen (secondary N) is 1. The van der Waals surface area contributed by atoms with Crippen LogP contribution in [0.2, 0.25) is 0 Å². The van der Waals surface area contributed by atoms with E-state index < -0.39 is 23.5 Å². The van der Waals surface area contributed by atoms with E-state index in [0.29, 0.717) is 32.2 Å². The number of nitrogens with two attached hydrogens (primary N) is 1. The first-order valence-corrected chi connectivity index (χ1v) is 10.6. The van der Waals surface area contributed by atoms with E-state index in [1.165, 1.54) is 6.42 Å². The second-order valence-corrected chi connectivity index (χ2v) is 8.18. The molecule has 0 aromatic heterocycles. The molecule has 0 radical (unpaired) electrons. The number of rotatable bonds is 5. The Morgan fingerprint density at radius 3 is 2.23 bits per heavy atom. The van der Waals surface area contributed by atoms with E-state index in [1.54, 1.807) is 9.80 Å². The van der Waals surface area contributed by atoms with Gasteiger partial charge in [0.25, 0.3) is 0 Å². The Bertz CT molecular complexity index is 763. The summed E-state index contributed by atoms with van der Waals surface area (Å²) in [5.74, 6) is -3.48. The van der Waals surface area contributed by atoms with Crippen LogP contribution in [0.15, 0.2) is 12.1 Å². The van der Waals surface area contributed by atoms with Crippen LogP contribution in [-0.4, -0.2) is 60.0 Å². The van der Waals surface area contributed by atoms with Crippen molar-refractivity contribution in [1.29, 1.82) is 0 Å². The van der Waals surface area contributed by atoms with Crippen molar-refractivity contribution in [3.8, 4) is 0 Å². The van der Waals surface area contributed by atoms with Gasteiger partial charge in [-0.3, -0.25) is 4.79 Å². The monoisotopic (exact) mass is 426 g/mol. The number of hydrogen-bond donors (Lipinski definition) is 2. The average Bonchev–Trinajstić information content (AvgIpc) is 2.72. The minimum Gasteiger partial charge on any atom is -0.339 e. The molecule has 30 heavy (non-hydrogen) atoms. The Kier molecular flexibility index (Phi) is 7.58. The maximum Gasteiger partial charge on any atom is 0.317 e. The number of benzene rings is 1. The van der Waals surface area contributed by atoms with Crippen LogP contribution in [0.25, 0.3) is 0 Å². The largest absolute Gasteiger partial charge is 0.339 e. The molecule has 1 atom stereocenters. The fourth-order valence-corrected chi connectivity index (χ4v) is 4.10. The molecule has 1 aromatic carbocycles. The summed E-state index contributed by atoms with van der Waals surface area (Å²) in [6.07, 6.45) is 5.43. The van der Waals surface area contributed by atoms with Gasteiger partial charge in [0.15, 0.2) is 11.6 Å². The number of amides is 3. The number of carbonyl (C=O) groups excluding carboxylic acids is 2. The van der Waals surface area contributed by atoms with Gasteiger partial charge in [0.05, 0.1) is 0 Å². The van der Waals surface area contributed by atoms with Crippen molar-refractivity contribution in [2.75, 3.05) is 26.2 Å². The third-order valence-electron chi connectivity index (χ3n) is 5.86. The van der Waals surface area contributed by atoms with Crippen molar-refractivity contribution in [2.45, 2.75) is 57.0 Å². The SMILES string of the molecule is N[C@@H](CC(=O)N1CCN(C(=O)NC2CCCCC2)CC1)Cc1cc(F)c(F)cc1F. The van der Waals surface area contributed by atoms with Crippen molar-refractivity contribution < 1.29 is 22.8 Å². The number of piperazine rings is 1. The standard InChI is InChI=1S/C21H29F3N4O2/c22-17-13-19(24)18(23)11-14(17)10-15(25)12-20(29)27-6-8-28(9-7-27)21(30)26-16-4-2-1-3-5-16/h11,13,15-16H,1-10,12,25H2,(H,26,30)/t15-/m1/s1. The number of hydrogen-bond acceptors (Lipinski definition) is 3. The lowest BCUT2D eigenvalue weighted by molar-refractivity contribution is -0.133. The summed E-state index contributed by atoms with van der Waals surface area (Å²) in [6, 6.07) is 0.694. The molecule has 3 rings (SSSR count). The second-order valence-electron chi connectivity index (χ2n) is 8.18. The van der Waals surface area contributed by atoms with E-state index >= 15 is 0 Å². The zero-order valence-electron chi connectivity index (χ0n) is 17.0. The molecule has 1 aliphatic carbocycles. The predicted octanol–water partition coefficient (Wildman–Crippen LogP) is 2.55. The van der Waals surface area contributed by atoms with Gasteiger partial charge in [-0.2, -0.15) is 0 Å². The molecule has 2 aliphatic rings. The van der Waals surface area contributed by atoms with Gasteiger partial charge in [-0.1, -0.05) is 19.3 Å². The number of halogens is 3. The highest BCUT2D eigenvalue weighted by atomic mass is 19.2. The smallest absolute Gasteiger partial charge is 0.317 e. The third-order valence-corrected chi connectivity index (χ3v) is 5.86. The molecule has 0 unspecified atom stereocenters. The van der Waals surface area contributed by atoms with Gasteiger partial charge >= 0.3 is 6.03 Å². The lowest BCUT2D eigenvalue weighted by Gasteiger charge is -2.36. The lowest BCUT2D eigenvalue weighted by Crippen LogP contribution is -2.55. The van der Waals surface area contributed by atoms with Gasteiger partial charge in [-0.05, 0) is 30.9 Å². The molecular weight excluding hydrogens is 397 g/mol. The highest BCUT2D eigenvalue weighted by Crippen LogP contribution is 2.18. The Hall–Kier alpha value is -2.29. The molecule has 6 nitrogen and oxygen atoms in total. The van der Waals surface area contributed by atoms with E-state index in [9.17, 15) is 22.8 Å². The van der Waals surface area contributed by atoms with Crippen molar-refractivity contribution in [2.24, 2.45) is 5.73 Å². The van der Waals surface area contributed by atoms with Crippen LogP contribution in [0, 0.1) is 17.5 Å². The Morgan fingerprint density at radius 1 is 0.967 bits per heavy atom. The maximum atomic E-state index is 13.8. The summed E-state index contributed by atoms with van der Waals surface area (Å²) < 4.78 is 40.1. The van der Waals surface area contributed by atoms with Crippen molar-refractivity contribution in [1.82, 2.24) is 15.1 Å². The number of urea groups is 1. The third kappa shape index (κ3) is 5.87. The lowest BCUT2D eigenvalue weighted by atomic mass is 9.96. The first-order chi connectivity index (χ1) is 14.3. The first-order valence-electron chi connectivity index (χ1n) is 10.6. The summed E-state index contributed by atoms with van der Waals surface area (Å²) in [5.41, 5.74) is 5.89. The number of nitrogens with zero attached hydrogens (tertiary/aromatic N) is 2. The first kappa shape index (κ1) is 22.4. The molecule has 1 saturated heterocycles. The van der Waals surface area contributed by atoms with E-state index in [1.807, 2.05) is 0 Å². The molecule has 2 fully saturated rings. The Balaban J connectivity index is 1.43. The van der Waals surface area contributed by atoms with Gasteiger partial charge in [0.2, 0.25) is 5.91 Å². The fraction of sp³-hybridized carbons (Fsp3) is 0.619. The highest BCUT2D eigenvalue weighted by molar-refractivity contribution is 5.78. The molecule has 1 aliphatic heterocycles. The van der Waals surface area contributed by atoms with Crippen molar-refractivity contribution in [3.63, 3.8) is 0 Å². The van der Waals surface area contributed by atoms with Gasteiger partial charge in [0, 0.05) is 50.7 Å². The summed E-state index contributed by atoms with van der Waals surface area (Å²) in [6.45, 7) is 1.70. The van der Waals surface area contributed by atoms with Crippen LogP contribution in [-0.2, 0) is 11.2 Å². The Labute approximate surface area is 174 Å². The van der Waals surface area contributed by atoms with Gasteiger partial charge < -0.3 is 20.9 Å². The molecule has 1 saturated carbocycles. The van der Waals surface area contributed by atoms with E-state index in [4.69, 9.17) is 5.73 Å². The van der Waals surface area contributed by atoms with Gasteiger partial charge in [0.1, 0.15) is 5.82 Å². The van der Waals surface area contributed by atoms with Crippen LogP contribution >= 0.6 is 0 Å². The number of carbonyl (C=O) groups is 2. The van der Waals surface area contributed by atoms with Crippen LogP contribution in [0.1, 0.15) is 44.1 Å². The van der Waals surface area contributed by atoms with E-state index in [0.717, 1.165) is 31.7 Å². The topological polar surface area (TPSA) is 78.7 Å². The molecule has 166 valence electrons. The predicted molar refractivity (Wildman–Crippen MR) is 106 cm³/mol. The summed E-state index contributed by atoms with van der Waals surface area (Å²) in [7, 11) is 0. The summed E-state index contributed by atoms with van der Waals surface area (Å²) in [4.78, 5) is 28.3. The molecule has 3 N–H and O–H groups in total. The molecule has 0 spiro atoms. The fourth-order valence-electron chi connectivity index (χ4n) is 4.10. The molecular formula is C21H29F3N4O2. The van der Waals surface area contributed by atoms with Crippen molar-refractivity contribution >= 4 is 11.9 Å². The van der Waals surface area contributed by atoms with Gasteiger partial charge in [-0.25, -0.2) is 18.0 Å². The highest BCUT2D eigenvalue weighted by Gasteiger charge is 2.27. The van der Waals surface area contributed by atoms with Crippen LogP contribution in [0.3, 0.4) is 0 Å². The minimum absolute atomic E-state index is 0.0350. The van der Waals surface area contributed by atoms with E-state index in [-0.39, 0.29) is 36.4 Å². The summed E-state index contributed by atoms with van der Waals surface area (Å²) >= 11 is 0. The zero-order valence-corrected chi connectivity index (χ0v) is 17.0. The Morgan fingerprint density at radius 2 is 1.57 bits per heavy atom. The normalized spacial score (nSPS) is 18.9. The molecule has 0 bridgehead atoms. The maximum absolute atomic E-state index is 13.8. The van der Waals surface area contributed by atoms with Crippen LogP contribution < -0.4 is 11.1 Å². The molecule has 9 heteroatoms. The van der Waals surface area contributed by atoms with Gasteiger partial charge in [-0.15, -0.1) is 0 Å². The molecule has 1 aromatic rings. The average molecular weight is 426 g/mol. The molecule has 3 amide bonds. The van der Waals surface area contributed by atoms with E-state index in [2.05, 4.69) is 5.32 Å². The second kappa shape index (κ2) is 10.1. The quantitative estimate of drug-likeness (QED) is 0.711. The summed E-state index contributed by atoms with van der Waals surface area (Å²) in [5, 5.41) is 3.08. The molecule has 1 heterocycles. The zero-order chi connectivity index (χ0) is 21.7. The van der Waals surface area contributed by atoms with Crippen molar-refractivity contribution in [3.05, 3.63) is 35.1 Å². The van der Waals surface area contributed by atoms with Crippen LogP contribution in [0.5, 0.6) is 0 Å². The van der Waals surface area contributed by atoms with Crippen LogP contribution in [0.4, 0.5) is 18.0 Å². The minimum atomic E-state index is -1.26.